The first-order valence-electron chi connectivity index (χ1n) is 5.96. The van der Waals surface area contributed by atoms with E-state index in [4.69, 9.17) is 23.2 Å². The summed E-state index contributed by atoms with van der Waals surface area (Å²) in [5.41, 5.74) is 1.21. The summed E-state index contributed by atoms with van der Waals surface area (Å²) in [4.78, 5) is 24.8. The first-order valence-corrected chi connectivity index (χ1v) is 6.72. The molecule has 110 valence electrons. The second-order valence-corrected chi connectivity index (χ2v) is 5.45. The third-order valence-electron chi connectivity index (χ3n) is 2.66. The second kappa shape index (κ2) is 6.81. The Hall–Kier alpha value is -1.46. The molecule has 5 nitrogen and oxygen atoms in total. The van der Waals surface area contributed by atoms with Gasteiger partial charge in [0, 0.05) is 19.1 Å². The van der Waals surface area contributed by atoms with E-state index in [1.807, 2.05) is 6.92 Å². The minimum atomic E-state index is -0.635. The van der Waals surface area contributed by atoms with Gasteiger partial charge in [-0.3, -0.25) is 4.79 Å². The van der Waals surface area contributed by atoms with Crippen LogP contribution < -0.4 is 10.6 Å². The molecule has 1 aromatic rings. The van der Waals surface area contributed by atoms with Gasteiger partial charge in [-0.15, -0.1) is 0 Å². The van der Waals surface area contributed by atoms with E-state index in [1.165, 1.54) is 4.90 Å². The Kier molecular flexibility index (Phi) is 5.65. The number of hydrogen-bond acceptors (Lipinski definition) is 2. The van der Waals surface area contributed by atoms with E-state index < -0.39 is 12.1 Å². The van der Waals surface area contributed by atoms with E-state index in [2.05, 4.69) is 10.6 Å². The largest absolute Gasteiger partial charge is 0.347 e. The van der Waals surface area contributed by atoms with Crippen LogP contribution in [0.1, 0.15) is 12.5 Å². The summed E-state index contributed by atoms with van der Waals surface area (Å²) in [5.74, 6) is -0.201. The summed E-state index contributed by atoms with van der Waals surface area (Å²) < 4.78 is 0. The van der Waals surface area contributed by atoms with Crippen LogP contribution in [0.2, 0.25) is 10.0 Å². The lowest BCUT2D eigenvalue weighted by molar-refractivity contribution is -0.130. The molecule has 1 rings (SSSR count). The predicted octanol–water partition coefficient (Wildman–Crippen LogP) is 2.90. The molecule has 0 spiro atoms. The van der Waals surface area contributed by atoms with Gasteiger partial charge < -0.3 is 15.5 Å². The Balaban J connectivity index is 2.72. The number of carbonyl (C=O) groups excluding carboxylic acids is 2. The van der Waals surface area contributed by atoms with E-state index in [0.29, 0.717) is 15.7 Å². The molecule has 0 saturated carbocycles. The highest BCUT2D eigenvalue weighted by Gasteiger charge is 2.17. The smallest absolute Gasteiger partial charge is 0.319 e. The Bertz CT molecular complexity index is 533. The molecule has 0 radical (unpaired) electrons. The molecule has 0 fully saturated rings. The van der Waals surface area contributed by atoms with Gasteiger partial charge in [-0.1, -0.05) is 23.2 Å². The lowest BCUT2D eigenvalue weighted by Crippen LogP contribution is -2.45. The zero-order valence-electron chi connectivity index (χ0n) is 11.8. The first kappa shape index (κ1) is 16.6. The summed E-state index contributed by atoms with van der Waals surface area (Å²) >= 11 is 12.0. The highest BCUT2D eigenvalue weighted by Crippen LogP contribution is 2.28. The number of likely N-dealkylation sites (N-methyl/N-ethyl adjacent to an activating group) is 1. The van der Waals surface area contributed by atoms with Crippen molar-refractivity contribution in [3.63, 3.8) is 0 Å². The predicted molar refractivity (Wildman–Crippen MR) is 81.5 cm³/mol. The molecule has 0 saturated heterocycles. The number of carbonyl (C=O) groups is 2. The highest BCUT2D eigenvalue weighted by atomic mass is 35.5. The maximum absolute atomic E-state index is 11.8. The quantitative estimate of drug-likeness (QED) is 0.900. The number of aryl methyl sites for hydroxylation is 1. The number of nitrogens with zero attached hydrogens (tertiary/aromatic N) is 1. The van der Waals surface area contributed by atoms with Gasteiger partial charge in [0.1, 0.15) is 6.04 Å². The Morgan fingerprint density at radius 1 is 1.20 bits per heavy atom. The van der Waals surface area contributed by atoms with Gasteiger partial charge in [-0.2, -0.15) is 0 Å². The molecule has 1 atom stereocenters. The zero-order chi connectivity index (χ0) is 15.4. The summed E-state index contributed by atoms with van der Waals surface area (Å²) in [6.07, 6.45) is 0. The van der Waals surface area contributed by atoms with E-state index >= 15 is 0 Å². The standard InChI is InChI=1S/C13H17Cl2N3O2/c1-7-5-10(15)11(6-9(7)14)17-13(20)16-8(2)12(19)18(3)4/h5-6,8H,1-4H3,(H2,16,17,20)/t8-/m0/s1. The molecule has 3 amide bonds. The lowest BCUT2D eigenvalue weighted by Gasteiger charge is -2.18. The lowest BCUT2D eigenvalue weighted by atomic mass is 10.2. The molecular formula is C13H17Cl2N3O2. The van der Waals surface area contributed by atoms with Crippen molar-refractivity contribution in [3.05, 3.63) is 27.7 Å². The minimum Gasteiger partial charge on any atom is -0.347 e. The fourth-order valence-electron chi connectivity index (χ4n) is 1.55. The van der Waals surface area contributed by atoms with Crippen LogP contribution in [0.3, 0.4) is 0 Å². The van der Waals surface area contributed by atoms with E-state index in [1.54, 1.807) is 33.2 Å². The van der Waals surface area contributed by atoms with Crippen LogP contribution in [0, 0.1) is 6.92 Å². The molecule has 0 aliphatic carbocycles. The van der Waals surface area contributed by atoms with Crippen LogP contribution in [-0.2, 0) is 4.79 Å². The SMILES string of the molecule is Cc1cc(Cl)c(NC(=O)N[C@@H](C)C(=O)N(C)C)cc1Cl. The molecule has 0 heterocycles. The molecular weight excluding hydrogens is 301 g/mol. The highest BCUT2D eigenvalue weighted by molar-refractivity contribution is 6.36. The van der Waals surface area contributed by atoms with Crippen molar-refractivity contribution in [2.75, 3.05) is 19.4 Å². The van der Waals surface area contributed by atoms with Gasteiger partial charge in [0.05, 0.1) is 10.7 Å². The van der Waals surface area contributed by atoms with Crippen LogP contribution >= 0.6 is 23.2 Å². The van der Waals surface area contributed by atoms with Crippen molar-refractivity contribution >= 4 is 40.8 Å². The molecule has 7 heteroatoms. The maximum atomic E-state index is 11.8. The van der Waals surface area contributed by atoms with Crippen molar-refractivity contribution in [3.8, 4) is 0 Å². The molecule has 0 aliphatic heterocycles. The molecule has 20 heavy (non-hydrogen) atoms. The van der Waals surface area contributed by atoms with Crippen LogP contribution in [-0.4, -0.2) is 37.0 Å². The van der Waals surface area contributed by atoms with Crippen LogP contribution in [0.15, 0.2) is 12.1 Å². The molecule has 0 bridgehead atoms. The van der Waals surface area contributed by atoms with Gasteiger partial charge in [0.2, 0.25) is 5.91 Å². The molecule has 0 aliphatic rings. The van der Waals surface area contributed by atoms with Gasteiger partial charge in [0.25, 0.3) is 0 Å². The van der Waals surface area contributed by atoms with Crippen LogP contribution in [0.4, 0.5) is 10.5 Å². The summed E-state index contributed by atoms with van der Waals surface area (Å²) in [7, 11) is 3.24. The van der Waals surface area contributed by atoms with Crippen molar-refractivity contribution in [1.82, 2.24) is 10.2 Å². The van der Waals surface area contributed by atoms with Gasteiger partial charge in [-0.25, -0.2) is 4.79 Å². The van der Waals surface area contributed by atoms with Crippen LogP contribution in [0.5, 0.6) is 0 Å². The average Bonchev–Trinajstić information content (AvgIpc) is 2.34. The Labute approximate surface area is 128 Å². The van der Waals surface area contributed by atoms with Crippen LogP contribution in [0.25, 0.3) is 0 Å². The first-order chi connectivity index (χ1) is 9.22. The number of anilines is 1. The second-order valence-electron chi connectivity index (χ2n) is 4.63. The number of urea groups is 1. The van der Waals surface area contributed by atoms with E-state index in [9.17, 15) is 9.59 Å². The number of nitrogens with one attached hydrogen (secondary N) is 2. The van der Waals surface area contributed by atoms with E-state index in [-0.39, 0.29) is 5.91 Å². The van der Waals surface area contributed by atoms with Crippen molar-refractivity contribution in [2.45, 2.75) is 19.9 Å². The number of rotatable bonds is 3. The minimum absolute atomic E-state index is 0.201. The fraction of sp³-hybridized carbons (Fsp3) is 0.385. The number of benzene rings is 1. The monoisotopic (exact) mass is 317 g/mol. The van der Waals surface area contributed by atoms with Crippen molar-refractivity contribution in [2.24, 2.45) is 0 Å². The Morgan fingerprint density at radius 3 is 2.35 bits per heavy atom. The molecule has 2 N–H and O–H groups in total. The summed E-state index contributed by atoms with van der Waals surface area (Å²) in [6, 6.07) is 2.07. The average molecular weight is 318 g/mol. The number of amides is 3. The molecule has 0 unspecified atom stereocenters. The maximum Gasteiger partial charge on any atom is 0.319 e. The molecule has 0 aromatic heterocycles. The van der Waals surface area contributed by atoms with Crippen molar-refractivity contribution in [1.29, 1.82) is 0 Å². The van der Waals surface area contributed by atoms with Gasteiger partial charge >= 0.3 is 6.03 Å². The number of hydrogen-bond donors (Lipinski definition) is 2. The van der Waals surface area contributed by atoms with Gasteiger partial charge in [0.15, 0.2) is 0 Å². The normalized spacial score (nSPS) is 11.7. The topological polar surface area (TPSA) is 61.4 Å². The van der Waals surface area contributed by atoms with E-state index in [0.717, 1.165) is 5.56 Å². The Morgan fingerprint density at radius 2 is 1.80 bits per heavy atom. The third-order valence-corrected chi connectivity index (χ3v) is 3.38. The van der Waals surface area contributed by atoms with Gasteiger partial charge in [-0.05, 0) is 31.5 Å². The fourth-order valence-corrected chi connectivity index (χ4v) is 1.98. The zero-order valence-corrected chi connectivity index (χ0v) is 13.3. The molecule has 1 aromatic carbocycles. The number of halogens is 2. The summed E-state index contributed by atoms with van der Waals surface area (Å²) in [5, 5.41) is 5.98. The van der Waals surface area contributed by atoms with Crippen molar-refractivity contribution < 1.29 is 9.59 Å². The third kappa shape index (κ3) is 4.28. The summed E-state index contributed by atoms with van der Waals surface area (Å²) in [6.45, 7) is 3.42.